The zero-order valence-electron chi connectivity index (χ0n) is 9.51. The summed E-state index contributed by atoms with van der Waals surface area (Å²) in [5.74, 6) is -0.0134. The Bertz CT molecular complexity index is 553. The SMILES string of the molecule is Cc1ccccc1C(=O)c1ccc(C=O)cc1. The summed E-state index contributed by atoms with van der Waals surface area (Å²) in [5, 5.41) is 0. The van der Waals surface area contributed by atoms with Gasteiger partial charge in [-0.15, -0.1) is 0 Å². The van der Waals surface area contributed by atoms with E-state index >= 15 is 0 Å². The molecule has 0 spiro atoms. The second-order valence-corrected chi connectivity index (χ2v) is 3.88. The maximum absolute atomic E-state index is 12.2. The zero-order chi connectivity index (χ0) is 12.3. The Hall–Kier alpha value is -2.22. The van der Waals surface area contributed by atoms with Gasteiger partial charge >= 0.3 is 0 Å². The molecule has 2 aromatic rings. The van der Waals surface area contributed by atoms with E-state index in [9.17, 15) is 9.59 Å². The first-order valence-electron chi connectivity index (χ1n) is 5.38. The minimum Gasteiger partial charge on any atom is -0.298 e. The molecule has 0 bridgehead atoms. The van der Waals surface area contributed by atoms with E-state index in [4.69, 9.17) is 0 Å². The number of hydrogen-bond donors (Lipinski definition) is 0. The maximum Gasteiger partial charge on any atom is 0.193 e. The van der Waals surface area contributed by atoms with E-state index in [-0.39, 0.29) is 5.78 Å². The van der Waals surface area contributed by atoms with Crippen LogP contribution in [-0.2, 0) is 0 Å². The molecule has 0 aliphatic rings. The van der Waals surface area contributed by atoms with Crippen LogP contribution in [0.15, 0.2) is 48.5 Å². The van der Waals surface area contributed by atoms with Gasteiger partial charge < -0.3 is 0 Å². The van der Waals surface area contributed by atoms with Gasteiger partial charge in [-0.05, 0) is 12.5 Å². The Kier molecular flexibility index (Phi) is 3.15. The van der Waals surface area contributed by atoms with Crippen molar-refractivity contribution in [3.63, 3.8) is 0 Å². The predicted molar refractivity (Wildman–Crippen MR) is 66.4 cm³/mol. The van der Waals surface area contributed by atoms with Crippen molar-refractivity contribution in [2.45, 2.75) is 6.92 Å². The Labute approximate surface area is 99.9 Å². The van der Waals surface area contributed by atoms with Crippen molar-refractivity contribution in [1.29, 1.82) is 0 Å². The van der Waals surface area contributed by atoms with Gasteiger partial charge in [0.05, 0.1) is 0 Å². The number of carbonyl (C=O) groups is 2. The number of hydrogen-bond acceptors (Lipinski definition) is 2. The van der Waals surface area contributed by atoms with Crippen LogP contribution in [0.3, 0.4) is 0 Å². The van der Waals surface area contributed by atoms with Gasteiger partial charge in [-0.25, -0.2) is 0 Å². The number of rotatable bonds is 3. The molecule has 0 unspecified atom stereocenters. The van der Waals surface area contributed by atoms with E-state index in [0.717, 1.165) is 11.8 Å². The van der Waals surface area contributed by atoms with Gasteiger partial charge in [-0.2, -0.15) is 0 Å². The second kappa shape index (κ2) is 4.74. The summed E-state index contributed by atoms with van der Waals surface area (Å²) in [4.78, 5) is 22.7. The number of carbonyl (C=O) groups excluding carboxylic acids is 2. The van der Waals surface area contributed by atoms with Crippen LogP contribution < -0.4 is 0 Å². The maximum atomic E-state index is 12.2. The fourth-order valence-corrected chi connectivity index (χ4v) is 1.70. The van der Waals surface area contributed by atoms with Crippen LogP contribution in [0, 0.1) is 6.92 Å². The molecule has 0 aliphatic heterocycles. The largest absolute Gasteiger partial charge is 0.298 e. The summed E-state index contributed by atoms with van der Waals surface area (Å²) in [7, 11) is 0. The average molecular weight is 224 g/mol. The number of aryl methyl sites for hydroxylation is 1. The molecule has 0 N–H and O–H groups in total. The third-order valence-corrected chi connectivity index (χ3v) is 2.70. The highest BCUT2D eigenvalue weighted by Crippen LogP contribution is 2.14. The molecule has 0 radical (unpaired) electrons. The van der Waals surface area contributed by atoms with Crippen LogP contribution in [0.1, 0.15) is 31.8 Å². The predicted octanol–water partition coefficient (Wildman–Crippen LogP) is 3.04. The third kappa shape index (κ3) is 2.31. The zero-order valence-corrected chi connectivity index (χ0v) is 9.51. The van der Waals surface area contributed by atoms with Gasteiger partial charge in [0.1, 0.15) is 6.29 Å². The molecule has 2 rings (SSSR count). The Morgan fingerprint density at radius 1 is 1.00 bits per heavy atom. The molecule has 2 aromatic carbocycles. The van der Waals surface area contributed by atoms with Crippen LogP contribution >= 0.6 is 0 Å². The molecule has 0 fully saturated rings. The number of aldehydes is 1. The standard InChI is InChI=1S/C15H12O2/c1-11-4-2-3-5-14(11)15(17)13-8-6-12(10-16)7-9-13/h2-10H,1H3. The lowest BCUT2D eigenvalue weighted by atomic mass is 9.99. The van der Waals surface area contributed by atoms with Crippen LogP contribution in [0.25, 0.3) is 0 Å². The molecule has 2 nitrogen and oxygen atoms in total. The molecule has 0 saturated carbocycles. The molecule has 2 heteroatoms. The molecule has 0 heterocycles. The first kappa shape index (κ1) is 11.3. The van der Waals surface area contributed by atoms with Crippen molar-refractivity contribution >= 4 is 12.1 Å². The molecule has 0 atom stereocenters. The van der Waals surface area contributed by atoms with Crippen molar-refractivity contribution in [2.24, 2.45) is 0 Å². The average Bonchev–Trinajstić information content (AvgIpc) is 2.39. The highest BCUT2D eigenvalue weighted by Gasteiger charge is 2.10. The van der Waals surface area contributed by atoms with Crippen LogP contribution in [0.5, 0.6) is 0 Å². The normalized spacial score (nSPS) is 9.94. The van der Waals surface area contributed by atoms with Crippen molar-refractivity contribution in [3.05, 3.63) is 70.8 Å². The minimum atomic E-state index is -0.0134. The number of benzene rings is 2. The van der Waals surface area contributed by atoms with Crippen molar-refractivity contribution in [3.8, 4) is 0 Å². The van der Waals surface area contributed by atoms with Gasteiger partial charge in [-0.1, -0.05) is 48.5 Å². The van der Waals surface area contributed by atoms with E-state index in [1.807, 2.05) is 31.2 Å². The summed E-state index contributed by atoms with van der Waals surface area (Å²) in [6, 6.07) is 14.1. The van der Waals surface area contributed by atoms with E-state index in [2.05, 4.69) is 0 Å². The first-order chi connectivity index (χ1) is 8.22. The number of ketones is 1. The van der Waals surface area contributed by atoms with Gasteiger partial charge in [0, 0.05) is 16.7 Å². The molecular formula is C15H12O2. The Morgan fingerprint density at radius 2 is 1.65 bits per heavy atom. The van der Waals surface area contributed by atoms with E-state index in [1.54, 1.807) is 24.3 Å². The summed E-state index contributed by atoms with van der Waals surface area (Å²) in [6.07, 6.45) is 0.766. The summed E-state index contributed by atoms with van der Waals surface area (Å²) in [6.45, 7) is 1.91. The topological polar surface area (TPSA) is 34.1 Å². The first-order valence-corrected chi connectivity index (χ1v) is 5.38. The minimum absolute atomic E-state index is 0.0134. The molecule has 0 aliphatic carbocycles. The lowest BCUT2D eigenvalue weighted by Crippen LogP contribution is -2.03. The molecule has 0 saturated heterocycles. The second-order valence-electron chi connectivity index (χ2n) is 3.88. The van der Waals surface area contributed by atoms with Crippen molar-refractivity contribution in [2.75, 3.05) is 0 Å². The lowest BCUT2D eigenvalue weighted by Gasteiger charge is -2.04. The molecule has 0 amide bonds. The van der Waals surface area contributed by atoms with Crippen molar-refractivity contribution < 1.29 is 9.59 Å². The van der Waals surface area contributed by atoms with E-state index in [0.29, 0.717) is 16.7 Å². The summed E-state index contributed by atoms with van der Waals surface area (Å²) >= 11 is 0. The Morgan fingerprint density at radius 3 is 2.24 bits per heavy atom. The summed E-state index contributed by atoms with van der Waals surface area (Å²) < 4.78 is 0. The molecule has 17 heavy (non-hydrogen) atoms. The van der Waals surface area contributed by atoms with Crippen LogP contribution in [-0.4, -0.2) is 12.1 Å². The van der Waals surface area contributed by atoms with Gasteiger partial charge in [0.15, 0.2) is 5.78 Å². The summed E-state index contributed by atoms with van der Waals surface area (Å²) in [5.41, 5.74) is 2.83. The fraction of sp³-hybridized carbons (Fsp3) is 0.0667. The molecule has 0 aromatic heterocycles. The highest BCUT2D eigenvalue weighted by atomic mass is 16.1. The van der Waals surface area contributed by atoms with E-state index in [1.165, 1.54) is 0 Å². The highest BCUT2D eigenvalue weighted by molar-refractivity contribution is 6.10. The fourth-order valence-electron chi connectivity index (χ4n) is 1.70. The molecular weight excluding hydrogens is 212 g/mol. The smallest absolute Gasteiger partial charge is 0.193 e. The van der Waals surface area contributed by atoms with Gasteiger partial charge in [0.25, 0.3) is 0 Å². The van der Waals surface area contributed by atoms with Crippen molar-refractivity contribution in [1.82, 2.24) is 0 Å². The monoisotopic (exact) mass is 224 g/mol. The van der Waals surface area contributed by atoms with Gasteiger partial charge in [0.2, 0.25) is 0 Å². The Balaban J connectivity index is 2.37. The third-order valence-electron chi connectivity index (χ3n) is 2.70. The molecule has 84 valence electrons. The van der Waals surface area contributed by atoms with E-state index < -0.39 is 0 Å². The van der Waals surface area contributed by atoms with Gasteiger partial charge in [-0.3, -0.25) is 9.59 Å². The van der Waals surface area contributed by atoms with Crippen LogP contribution in [0.4, 0.5) is 0 Å². The quantitative estimate of drug-likeness (QED) is 0.593. The van der Waals surface area contributed by atoms with Crippen LogP contribution in [0.2, 0.25) is 0 Å². The lowest BCUT2D eigenvalue weighted by molar-refractivity contribution is 0.103.